The molecule has 0 aliphatic heterocycles. The summed E-state index contributed by atoms with van der Waals surface area (Å²) >= 11 is 0. The van der Waals surface area contributed by atoms with Crippen LogP contribution in [0.2, 0.25) is 0 Å². The summed E-state index contributed by atoms with van der Waals surface area (Å²) in [7, 11) is 0. The van der Waals surface area contributed by atoms with Gasteiger partial charge in [-0.05, 0) is 12.0 Å². The Labute approximate surface area is 67.9 Å². The van der Waals surface area contributed by atoms with Crippen molar-refractivity contribution < 1.29 is 0 Å². The van der Waals surface area contributed by atoms with Crippen LogP contribution in [0, 0.1) is 0 Å². The zero-order chi connectivity index (χ0) is 7.94. The molecular formula is C11H12. The smallest absolute Gasteiger partial charge is 0.0163 e. The van der Waals surface area contributed by atoms with Crippen LogP contribution < -0.4 is 0 Å². The molecule has 0 unspecified atom stereocenters. The van der Waals surface area contributed by atoms with Gasteiger partial charge in [-0.3, -0.25) is 0 Å². The van der Waals surface area contributed by atoms with Gasteiger partial charge in [0.15, 0.2) is 0 Å². The third-order valence-corrected chi connectivity index (χ3v) is 1.39. The van der Waals surface area contributed by atoms with Crippen LogP contribution in [0.25, 0.3) is 0 Å². The maximum absolute atomic E-state index is 3.68. The van der Waals surface area contributed by atoms with Crippen molar-refractivity contribution in [1.29, 1.82) is 0 Å². The molecule has 0 heterocycles. The highest BCUT2D eigenvalue weighted by atomic mass is 13.9. The van der Waals surface area contributed by atoms with E-state index in [9.17, 15) is 0 Å². The van der Waals surface area contributed by atoms with Gasteiger partial charge in [-0.25, -0.2) is 0 Å². The second-order valence-electron chi connectivity index (χ2n) is 2.39. The molecule has 0 fully saturated rings. The largest absolute Gasteiger partial charge is 0.0918 e. The van der Waals surface area contributed by atoms with Gasteiger partial charge in [-0.15, -0.1) is 0 Å². The first-order valence-electron chi connectivity index (χ1n) is 3.75. The highest BCUT2D eigenvalue weighted by molar-refractivity contribution is 5.37. The maximum atomic E-state index is 3.68. The highest BCUT2D eigenvalue weighted by Gasteiger charge is 1.80. The van der Waals surface area contributed by atoms with Crippen LogP contribution in [-0.2, 0) is 0 Å². The van der Waals surface area contributed by atoms with E-state index in [0.29, 0.717) is 0 Å². The predicted molar refractivity (Wildman–Crippen MR) is 50.3 cm³/mol. The third-order valence-electron chi connectivity index (χ3n) is 1.39. The molecule has 0 amide bonds. The summed E-state index contributed by atoms with van der Waals surface area (Å²) < 4.78 is 0. The van der Waals surface area contributed by atoms with Gasteiger partial charge in [0.2, 0.25) is 0 Å². The molecule has 0 nitrogen and oxygen atoms in total. The minimum absolute atomic E-state index is 1.09. The van der Waals surface area contributed by atoms with Gasteiger partial charge in [0, 0.05) is 0 Å². The van der Waals surface area contributed by atoms with Crippen molar-refractivity contribution in [2.24, 2.45) is 0 Å². The molecule has 0 bridgehead atoms. The Hall–Kier alpha value is -1.30. The lowest BCUT2D eigenvalue weighted by Crippen LogP contribution is -1.50. The Morgan fingerprint density at radius 3 is 1.64 bits per heavy atom. The molecular weight excluding hydrogens is 132 g/mol. The van der Waals surface area contributed by atoms with Crippen LogP contribution >= 0.6 is 0 Å². The Kier molecular flexibility index (Phi) is 3.20. The molecule has 2 rings (SSSR count). The molecule has 0 saturated heterocycles. The molecule has 11 heavy (non-hydrogen) atoms. The molecule has 0 atom stereocenters. The van der Waals surface area contributed by atoms with Gasteiger partial charge >= 0.3 is 0 Å². The van der Waals surface area contributed by atoms with Crippen molar-refractivity contribution >= 4 is 0 Å². The van der Waals surface area contributed by atoms with E-state index in [2.05, 4.69) is 30.9 Å². The lowest BCUT2D eigenvalue weighted by atomic mass is 10.4. The maximum Gasteiger partial charge on any atom is -0.0163 e. The quantitative estimate of drug-likeness (QED) is 0.490. The Morgan fingerprint density at radius 1 is 0.909 bits per heavy atom. The number of allylic oxidation sites excluding steroid dienone is 9. The van der Waals surface area contributed by atoms with Crippen LogP contribution in [0.1, 0.15) is 6.42 Å². The molecule has 56 valence electrons. The Morgan fingerprint density at radius 2 is 1.45 bits per heavy atom. The summed E-state index contributed by atoms with van der Waals surface area (Å²) in [4.78, 5) is 0. The zero-order valence-corrected chi connectivity index (χ0v) is 6.53. The second-order valence-corrected chi connectivity index (χ2v) is 2.39. The summed E-state index contributed by atoms with van der Waals surface area (Å²) in [5.74, 6) is 0. The fourth-order valence-corrected chi connectivity index (χ4v) is 0.807. The van der Waals surface area contributed by atoms with Crippen LogP contribution in [0.5, 0.6) is 0 Å². The monoisotopic (exact) mass is 144 g/mol. The molecule has 0 aromatic rings. The normalized spacial score (nSPS) is 17.3. The molecule has 2 aliphatic carbocycles. The summed E-state index contributed by atoms with van der Waals surface area (Å²) in [6.07, 6.45) is 17.4. The number of hydrogen-bond donors (Lipinski definition) is 0. The third kappa shape index (κ3) is 3.41. The Balaban J connectivity index is 0.000000112. The summed E-state index contributed by atoms with van der Waals surface area (Å²) in [6, 6.07) is 0. The molecule has 0 spiro atoms. The van der Waals surface area contributed by atoms with E-state index in [4.69, 9.17) is 0 Å². The summed E-state index contributed by atoms with van der Waals surface area (Å²) in [5, 5.41) is 0. The Bertz CT molecular complexity index is 213. The van der Waals surface area contributed by atoms with E-state index in [1.807, 2.05) is 24.3 Å². The molecule has 0 N–H and O–H groups in total. The topological polar surface area (TPSA) is 0 Å². The second kappa shape index (κ2) is 4.51. The SMILES string of the molecule is C1=CCC=C1.C=C1C=CC=C1. The molecule has 0 radical (unpaired) electrons. The molecule has 0 aromatic heterocycles. The first-order chi connectivity index (χ1) is 5.39. The van der Waals surface area contributed by atoms with Gasteiger partial charge in [0.25, 0.3) is 0 Å². The van der Waals surface area contributed by atoms with E-state index in [1.54, 1.807) is 0 Å². The minimum Gasteiger partial charge on any atom is -0.0918 e. The lowest BCUT2D eigenvalue weighted by molar-refractivity contribution is 1.45. The average Bonchev–Trinajstić information content (AvgIpc) is 2.57. The lowest BCUT2D eigenvalue weighted by Gasteiger charge is -1.71. The molecule has 0 saturated carbocycles. The molecule has 0 heteroatoms. The van der Waals surface area contributed by atoms with Gasteiger partial charge < -0.3 is 0 Å². The van der Waals surface area contributed by atoms with E-state index in [-0.39, 0.29) is 0 Å². The van der Waals surface area contributed by atoms with Crippen LogP contribution in [0.4, 0.5) is 0 Å². The van der Waals surface area contributed by atoms with E-state index >= 15 is 0 Å². The zero-order valence-electron chi connectivity index (χ0n) is 6.53. The minimum atomic E-state index is 1.09. The van der Waals surface area contributed by atoms with Crippen molar-refractivity contribution in [3.8, 4) is 0 Å². The van der Waals surface area contributed by atoms with Crippen LogP contribution in [-0.4, -0.2) is 0 Å². The number of hydrogen-bond acceptors (Lipinski definition) is 0. The van der Waals surface area contributed by atoms with Crippen molar-refractivity contribution in [2.75, 3.05) is 0 Å². The fourth-order valence-electron chi connectivity index (χ4n) is 0.807. The first-order valence-corrected chi connectivity index (χ1v) is 3.75. The van der Waals surface area contributed by atoms with Crippen LogP contribution in [0.15, 0.2) is 60.8 Å². The van der Waals surface area contributed by atoms with E-state index < -0.39 is 0 Å². The first kappa shape index (κ1) is 7.80. The predicted octanol–water partition coefficient (Wildman–Crippen LogP) is 3.17. The summed E-state index contributed by atoms with van der Waals surface area (Å²) in [6.45, 7) is 3.68. The standard InChI is InChI=1S/C6H6.C5H6/c1-6-4-2-3-5-6;1-2-4-5-3-1/h2-5H,1H2;1-4H,5H2. The van der Waals surface area contributed by atoms with Crippen molar-refractivity contribution in [3.05, 3.63) is 60.8 Å². The van der Waals surface area contributed by atoms with Crippen LogP contribution in [0.3, 0.4) is 0 Å². The van der Waals surface area contributed by atoms with Crippen molar-refractivity contribution in [2.45, 2.75) is 6.42 Å². The summed E-state index contributed by atoms with van der Waals surface area (Å²) in [5.41, 5.74) is 1.09. The van der Waals surface area contributed by atoms with Gasteiger partial charge in [-0.2, -0.15) is 0 Å². The van der Waals surface area contributed by atoms with E-state index in [1.165, 1.54) is 0 Å². The van der Waals surface area contributed by atoms with Gasteiger partial charge in [0.05, 0.1) is 0 Å². The number of rotatable bonds is 0. The average molecular weight is 144 g/mol. The molecule has 0 aromatic carbocycles. The van der Waals surface area contributed by atoms with Crippen molar-refractivity contribution in [3.63, 3.8) is 0 Å². The highest BCUT2D eigenvalue weighted by Crippen LogP contribution is 2.01. The fraction of sp³-hybridized carbons (Fsp3) is 0.0909. The molecule has 2 aliphatic rings. The van der Waals surface area contributed by atoms with Gasteiger partial charge in [-0.1, -0.05) is 55.2 Å². The van der Waals surface area contributed by atoms with Gasteiger partial charge in [0.1, 0.15) is 0 Å². The van der Waals surface area contributed by atoms with E-state index in [0.717, 1.165) is 12.0 Å². The van der Waals surface area contributed by atoms with Crippen molar-refractivity contribution in [1.82, 2.24) is 0 Å².